The average molecular weight is 551 g/mol. The number of carbonyl (C=O) groups excluding carboxylic acids is 1. The van der Waals surface area contributed by atoms with Gasteiger partial charge in [0, 0.05) is 48.2 Å². The van der Waals surface area contributed by atoms with Crippen LogP contribution in [0.5, 0.6) is 0 Å². The Kier molecular flexibility index (Phi) is 6.86. The monoisotopic (exact) mass is 550 g/mol. The van der Waals surface area contributed by atoms with Crippen LogP contribution >= 0.6 is 0 Å². The Hall–Kier alpha value is -3.00. The summed E-state index contributed by atoms with van der Waals surface area (Å²) in [5, 5.41) is 0. The summed E-state index contributed by atoms with van der Waals surface area (Å²) in [5.74, 6) is 1.38. The van der Waals surface area contributed by atoms with Crippen molar-refractivity contribution in [3.63, 3.8) is 0 Å². The van der Waals surface area contributed by atoms with Crippen LogP contribution in [0.3, 0.4) is 0 Å². The van der Waals surface area contributed by atoms with Gasteiger partial charge in [0.2, 0.25) is 5.89 Å². The molecule has 3 aliphatic rings. The van der Waals surface area contributed by atoms with Crippen LogP contribution in [0, 0.1) is 17.2 Å². The fraction of sp³-hybridized carbons (Fsp3) is 0.484. The second-order valence-electron chi connectivity index (χ2n) is 11.9. The summed E-state index contributed by atoms with van der Waals surface area (Å²) < 4.78 is 43.8. The zero-order valence-electron chi connectivity index (χ0n) is 22.4. The molecule has 1 aliphatic heterocycles. The van der Waals surface area contributed by atoms with Crippen molar-refractivity contribution in [3.8, 4) is 22.7 Å². The van der Waals surface area contributed by atoms with E-state index in [-0.39, 0.29) is 34.6 Å². The Morgan fingerprint density at radius 1 is 1.00 bits per heavy atom. The van der Waals surface area contributed by atoms with Crippen molar-refractivity contribution < 1.29 is 22.0 Å². The van der Waals surface area contributed by atoms with E-state index >= 15 is 0 Å². The molecule has 0 radical (unpaired) electrons. The fourth-order valence-electron chi connectivity index (χ4n) is 6.08. The molecule has 0 spiro atoms. The zero-order chi connectivity index (χ0) is 27.2. The molecule has 0 N–H and O–H groups in total. The number of rotatable bonds is 7. The van der Waals surface area contributed by atoms with Gasteiger partial charge in [0.1, 0.15) is 23.1 Å². The Labute approximate surface area is 229 Å². The lowest BCUT2D eigenvalue weighted by Gasteiger charge is -2.30. The molecular formula is C31H35FN2O4S. The summed E-state index contributed by atoms with van der Waals surface area (Å²) in [5.41, 5.74) is 3.44. The maximum absolute atomic E-state index is 13.6. The summed E-state index contributed by atoms with van der Waals surface area (Å²) >= 11 is 0. The first-order valence-electron chi connectivity index (χ1n) is 14.0. The van der Waals surface area contributed by atoms with Crippen LogP contribution < -0.4 is 4.90 Å². The summed E-state index contributed by atoms with van der Waals surface area (Å²) in [6.45, 7) is 3.17. The van der Waals surface area contributed by atoms with Gasteiger partial charge in [0.05, 0.1) is 11.5 Å². The molecule has 2 heterocycles. The van der Waals surface area contributed by atoms with E-state index in [1.54, 1.807) is 12.1 Å². The summed E-state index contributed by atoms with van der Waals surface area (Å²) in [4.78, 5) is 20.5. The highest BCUT2D eigenvalue weighted by Gasteiger charge is 2.43. The fourth-order valence-corrected chi connectivity index (χ4v) is 7.28. The Morgan fingerprint density at radius 3 is 2.31 bits per heavy atom. The average Bonchev–Trinajstić information content (AvgIpc) is 3.49. The number of carbonyl (C=O) groups is 1. The van der Waals surface area contributed by atoms with E-state index in [9.17, 15) is 17.6 Å². The van der Waals surface area contributed by atoms with Gasteiger partial charge in [-0.2, -0.15) is 0 Å². The minimum Gasteiger partial charge on any atom is -0.440 e. The number of oxazole rings is 1. The molecule has 6 nitrogen and oxygen atoms in total. The summed E-state index contributed by atoms with van der Waals surface area (Å²) in [6, 6.07) is 14.1. The standard InChI is InChI=1S/C31H35FN2O4S/c1-31(14-15-31)20-27(35)25-4-2-3-5-26(25)29-28(33-30(38-29)22-6-10-23(32)11-7-22)21-8-12-24(13-9-21)34-16-18-39(36,37)19-17-34/h6-13,25-26H,2-5,14-20H2,1H3/t25-,26-/m1/s1. The molecule has 206 valence electrons. The SMILES string of the molecule is CC1(CC(=O)[C@@H]2CCCC[C@H]2c2oc(-c3ccc(F)cc3)nc2-c2ccc(N3CCS(=O)(=O)CC3)cc2)CC1. The number of ketones is 1. The smallest absolute Gasteiger partial charge is 0.226 e. The maximum atomic E-state index is 13.6. The molecule has 3 aromatic rings. The molecule has 2 saturated carbocycles. The highest BCUT2D eigenvalue weighted by molar-refractivity contribution is 7.91. The predicted octanol–water partition coefficient (Wildman–Crippen LogP) is 6.42. The van der Waals surface area contributed by atoms with Crippen LogP contribution in [0.25, 0.3) is 22.7 Å². The third-order valence-electron chi connectivity index (χ3n) is 8.82. The quantitative estimate of drug-likeness (QED) is 0.338. The topological polar surface area (TPSA) is 80.5 Å². The van der Waals surface area contributed by atoms with Crippen LogP contribution in [0.15, 0.2) is 52.9 Å². The molecule has 3 fully saturated rings. The molecule has 39 heavy (non-hydrogen) atoms. The minimum absolute atomic E-state index is 0.0442. The van der Waals surface area contributed by atoms with Gasteiger partial charge in [-0.15, -0.1) is 0 Å². The lowest BCUT2D eigenvalue weighted by molar-refractivity contribution is -0.125. The van der Waals surface area contributed by atoms with Gasteiger partial charge in [0.25, 0.3) is 0 Å². The number of Topliss-reactive ketones (excluding diaryl/α,β-unsaturated/α-hetero) is 1. The Bertz CT molecular complexity index is 1450. The molecule has 2 atom stereocenters. The first kappa shape index (κ1) is 26.2. The van der Waals surface area contributed by atoms with E-state index < -0.39 is 9.84 Å². The lowest BCUT2D eigenvalue weighted by atomic mass is 9.73. The van der Waals surface area contributed by atoms with Crippen molar-refractivity contribution in [2.24, 2.45) is 11.3 Å². The number of benzene rings is 2. The van der Waals surface area contributed by atoms with Gasteiger partial charge in [-0.1, -0.05) is 31.9 Å². The van der Waals surface area contributed by atoms with Crippen molar-refractivity contribution in [1.82, 2.24) is 4.98 Å². The normalized spacial score (nSPS) is 23.9. The number of sulfone groups is 1. The zero-order valence-corrected chi connectivity index (χ0v) is 23.2. The van der Waals surface area contributed by atoms with Gasteiger partial charge in [0.15, 0.2) is 9.84 Å². The maximum Gasteiger partial charge on any atom is 0.226 e. The van der Waals surface area contributed by atoms with E-state index in [1.807, 2.05) is 24.3 Å². The second-order valence-corrected chi connectivity index (χ2v) is 14.2. The summed E-state index contributed by atoms with van der Waals surface area (Å²) in [6.07, 6.45) is 6.68. The molecule has 0 bridgehead atoms. The lowest BCUT2D eigenvalue weighted by Crippen LogP contribution is -2.40. The number of anilines is 1. The first-order chi connectivity index (χ1) is 18.7. The van der Waals surface area contributed by atoms with Crippen LogP contribution in [0.1, 0.15) is 63.5 Å². The molecule has 1 aromatic heterocycles. The Morgan fingerprint density at radius 2 is 1.64 bits per heavy atom. The molecule has 1 saturated heterocycles. The van der Waals surface area contributed by atoms with Crippen molar-refractivity contribution in [3.05, 3.63) is 60.1 Å². The molecule has 2 aliphatic carbocycles. The number of aromatic nitrogens is 1. The van der Waals surface area contributed by atoms with Gasteiger partial charge in [-0.25, -0.2) is 17.8 Å². The van der Waals surface area contributed by atoms with Gasteiger partial charge in [-0.3, -0.25) is 4.79 Å². The molecule has 0 amide bonds. The van der Waals surface area contributed by atoms with Crippen LogP contribution in [0.2, 0.25) is 0 Å². The van der Waals surface area contributed by atoms with Crippen LogP contribution in [-0.2, 0) is 14.6 Å². The number of hydrogen-bond acceptors (Lipinski definition) is 6. The third-order valence-corrected chi connectivity index (χ3v) is 10.4. The Balaban J connectivity index is 1.35. The first-order valence-corrected chi connectivity index (χ1v) is 15.9. The minimum atomic E-state index is -2.95. The number of halogens is 1. The molecule has 8 heteroatoms. The van der Waals surface area contributed by atoms with Crippen LogP contribution in [0.4, 0.5) is 10.1 Å². The highest BCUT2D eigenvalue weighted by atomic mass is 32.2. The van der Waals surface area contributed by atoms with Crippen molar-refractivity contribution in [2.75, 3.05) is 29.5 Å². The van der Waals surface area contributed by atoms with Gasteiger partial charge < -0.3 is 9.32 Å². The molecule has 6 rings (SSSR count). The van der Waals surface area contributed by atoms with Crippen molar-refractivity contribution in [2.45, 2.75) is 57.8 Å². The number of nitrogens with zero attached hydrogens (tertiary/aromatic N) is 2. The molecular weight excluding hydrogens is 515 g/mol. The second kappa shape index (κ2) is 10.2. The van der Waals surface area contributed by atoms with E-state index in [4.69, 9.17) is 9.40 Å². The highest BCUT2D eigenvalue weighted by Crippen LogP contribution is 2.51. The van der Waals surface area contributed by atoms with E-state index in [0.717, 1.165) is 61.2 Å². The van der Waals surface area contributed by atoms with Crippen LogP contribution in [-0.4, -0.2) is 43.8 Å². The van der Waals surface area contributed by atoms with E-state index in [1.165, 1.54) is 12.1 Å². The van der Waals surface area contributed by atoms with E-state index in [2.05, 4.69) is 11.8 Å². The summed E-state index contributed by atoms with van der Waals surface area (Å²) in [7, 11) is -2.95. The third kappa shape index (κ3) is 5.67. The largest absolute Gasteiger partial charge is 0.440 e. The molecule has 2 aromatic carbocycles. The van der Waals surface area contributed by atoms with E-state index in [0.29, 0.717) is 36.7 Å². The van der Waals surface area contributed by atoms with Crippen molar-refractivity contribution >= 4 is 21.3 Å². The predicted molar refractivity (Wildman–Crippen MR) is 150 cm³/mol. The van der Waals surface area contributed by atoms with Crippen molar-refractivity contribution in [1.29, 1.82) is 0 Å². The number of hydrogen-bond donors (Lipinski definition) is 0. The van der Waals surface area contributed by atoms with Gasteiger partial charge >= 0.3 is 0 Å². The van der Waals surface area contributed by atoms with Gasteiger partial charge in [-0.05, 0) is 67.5 Å². The molecule has 0 unspecified atom stereocenters.